The van der Waals surface area contributed by atoms with E-state index in [1.807, 2.05) is 0 Å². The summed E-state index contributed by atoms with van der Waals surface area (Å²) in [4.78, 5) is 22.8. The quantitative estimate of drug-likeness (QED) is 0.139. The van der Waals surface area contributed by atoms with Gasteiger partial charge in [0.25, 0.3) is 11.6 Å². The van der Waals surface area contributed by atoms with Gasteiger partial charge >= 0.3 is 10.1 Å². The summed E-state index contributed by atoms with van der Waals surface area (Å²) in [5.41, 5.74) is 0.138. The summed E-state index contributed by atoms with van der Waals surface area (Å²) in [7, 11) is -4.32. The molecule has 0 aromatic heterocycles. The zero-order valence-corrected chi connectivity index (χ0v) is 20.2. The number of nitriles is 1. The molecule has 35 heavy (non-hydrogen) atoms. The van der Waals surface area contributed by atoms with Gasteiger partial charge in [0.1, 0.15) is 16.5 Å². The van der Waals surface area contributed by atoms with Gasteiger partial charge in [0.15, 0.2) is 5.75 Å². The van der Waals surface area contributed by atoms with Gasteiger partial charge in [-0.3, -0.25) is 14.9 Å². The van der Waals surface area contributed by atoms with Crippen molar-refractivity contribution < 1.29 is 22.3 Å². The van der Waals surface area contributed by atoms with E-state index in [0.29, 0.717) is 0 Å². The Hall–Kier alpha value is -3.91. The summed E-state index contributed by atoms with van der Waals surface area (Å²) in [6.45, 7) is 1.79. The number of nitrogens with one attached hydrogen (secondary N) is 1. The molecule has 1 N–H and O–H groups in total. The second-order valence-corrected chi connectivity index (χ2v) is 9.48. The van der Waals surface area contributed by atoms with Gasteiger partial charge in [0.2, 0.25) is 0 Å². The maximum absolute atomic E-state index is 12.8. The third-order valence-corrected chi connectivity index (χ3v) is 6.25. The Morgan fingerprint density at radius 1 is 1.14 bits per heavy atom. The summed E-state index contributed by atoms with van der Waals surface area (Å²) in [6, 6.07) is 15.2. The number of anilines is 1. The second kappa shape index (κ2) is 10.6. The van der Waals surface area contributed by atoms with Crippen molar-refractivity contribution in [2.75, 3.05) is 5.32 Å². The highest BCUT2D eigenvalue weighted by Crippen LogP contribution is 2.36. The van der Waals surface area contributed by atoms with E-state index in [0.717, 1.165) is 17.7 Å². The zero-order valence-electron chi connectivity index (χ0n) is 17.9. The van der Waals surface area contributed by atoms with Crippen LogP contribution in [0.3, 0.4) is 0 Å². The smallest absolute Gasteiger partial charge is 0.339 e. The highest BCUT2D eigenvalue weighted by molar-refractivity contribution is 7.87. The Balaban J connectivity index is 1.99. The number of nitro benzene ring substituents is 1. The van der Waals surface area contributed by atoms with Crippen LogP contribution in [-0.2, 0) is 14.9 Å². The number of carbonyl (C=O) groups is 1. The predicted molar refractivity (Wildman–Crippen MR) is 131 cm³/mol. The van der Waals surface area contributed by atoms with Crippen LogP contribution in [0.15, 0.2) is 71.1 Å². The molecule has 0 aliphatic carbocycles. The fourth-order valence-electron chi connectivity index (χ4n) is 2.84. The van der Waals surface area contributed by atoms with Crippen LogP contribution in [0.25, 0.3) is 6.08 Å². The lowest BCUT2D eigenvalue weighted by Crippen LogP contribution is -2.14. The second-order valence-electron chi connectivity index (χ2n) is 7.09. The summed E-state index contributed by atoms with van der Waals surface area (Å²) < 4.78 is 30.8. The van der Waals surface area contributed by atoms with E-state index < -0.39 is 26.5 Å². The average molecular weight is 532 g/mol. The van der Waals surface area contributed by atoms with Crippen molar-refractivity contribution in [2.24, 2.45) is 0 Å². The number of halogens is 2. The van der Waals surface area contributed by atoms with Crippen molar-refractivity contribution in [3.05, 3.63) is 97.5 Å². The molecule has 12 heteroatoms. The van der Waals surface area contributed by atoms with Gasteiger partial charge < -0.3 is 9.50 Å². The molecule has 0 aliphatic rings. The highest BCUT2D eigenvalue weighted by Gasteiger charge is 2.22. The zero-order chi connectivity index (χ0) is 25.8. The number of nitro groups is 1. The Kier molecular flexibility index (Phi) is 7.76. The number of rotatable bonds is 7. The minimum atomic E-state index is -4.32. The number of hydrogen-bond donors (Lipinski definition) is 1. The first kappa shape index (κ1) is 25.7. The third kappa shape index (κ3) is 6.36. The molecule has 0 atom stereocenters. The molecule has 9 nitrogen and oxygen atoms in total. The van der Waals surface area contributed by atoms with Crippen molar-refractivity contribution >= 4 is 56.7 Å². The van der Waals surface area contributed by atoms with Crippen LogP contribution in [0.1, 0.15) is 11.1 Å². The highest BCUT2D eigenvalue weighted by atomic mass is 35.5. The van der Waals surface area contributed by atoms with Crippen molar-refractivity contribution in [3.8, 4) is 11.8 Å². The molecule has 0 unspecified atom stereocenters. The Morgan fingerprint density at radius 3 is 2.46 bits per heavy atom. The van der Waals surface area contributed by atoms with Gasteiger partial charge in [0, 0.05) is 28.4 Å². The number of nitrogens with zero attached hydrogens (tertiary/aromatic N) is 2. The van der Waals surface area contributed by atoms with Crippen LogP contribution < -0.4 is 9.50 Å². The van der Waals surface area contributed by atoms with E-state index in [-0.39, 0.29) is 37.6 Å². The first-order chi connectivity index (χ1) is 16.5. The Labute approximate surface area is 210 Å². The molecule has 0 spiro atoms. The van der Waals surface area contributed by atoms with Crippen LogP contribution in [0.2, 0.25) is 10.0 Å². The van der Waals surface area contributed by atoms with Gasteiger partial charge in [-0.25, -0.2) is 0 Å². The van der Waals surface area contributed by atoms with Gasteiger partial charge in [-0.1, -0.05) is 47.0 Å². The fourth-order valence-corrected chi connectivity index (χ4v) is 4.40. The average Bonchev–Trinajstić information content (AvgIpc) is 2.79. The maximum atomic E-state index is 12.8. The lowest BCUT2D eigenvalue weighted by atomic mass is 10.1. The third-order valence-electron chi connectivity index (χ3n) is 4.52. The van der Waals surface area contributed by atoms with Crippen molar-refractivity contribution in [3.63, 3.8) is 0 Å². The molecule has 178 valence electrons. The molecule has 0 bridgehead atoms. The molecule has 3 aromatic carbocycles. The minimum Gasteiger partial charge on any atom is -0.377 e. The van der Waals surface area contributed by atoms with Crippen molar-refractivity contribution in [1.29, 1.82) is 5.26 Å². The van der Waals surface area contributed by atoms with Gasteiger partial charge in [-0.15, -0.1) is 0 Å². The predicted octanol–water partition coefficient (Wildman–Crippen LogP) is 5.52. The number of hydrogen-bond acceptors (Lipinski definition) is 7. The topological polar surface area (TPSA) is 139 Å². The first-order valence-electron chi connectivity index (χ1n) is 9.68. The molecule has 3 rings (SSSR count). The lowest BCUT2D eigenvalue weighted by Gasteiger charge is -2.12. The molecule has 0 aliphatic heterocycles. The lowest BCUT2D eigenvalue weighted by molar-refractivity contribution is -0.384. The summed E-state index contributed by atoms with van der Waals surface area (Å²) in [5, 5.41) is 22.8. The molecule has 3 aromatic rings. The minimum absolute atomic E-state index is 0.0519. The van der Waals surface area contributed by atoms with E-state index in [2.05, 4.69) is 5.32 Å². The Morgan fingerprint density at radius 2 is 1.83 bits per heavy atom. The van der Waals surface area contributed by atoms with Crippen molar-refractivity contribution in [1.82, 2.24) is 0 Å². The van der Waals surface area contributed by atoms with Crippen LogP contribution in [0.5, 0.6) is 5.75 Å². The fraction of sp³-hybridized carbons (Fsp3) is 0.0435. The molecular formula is C23H15Cl2N3O6S. The van der Waals surface area contributed by atoms with Gasteiger partial charge in [-0.05, 0) is 43.3 Å². The number of non-ortho nitro benzene ring substituents is 1. The molecule has 0 heterocycles. The molecule has 0 radical (unpaired) electrons. The normalized spacial score (nSPS) is 11.4. The summed E-state index contributed by atoms with van der Waals surface area (Å²) in [6.07, 6.45) is 1.05. The summed E-state index contributed by atoms with van der Waals surface area (Å²) in [5.74, 6) is -1.25. The van der Waals surface area contributed by atoms with E-state index in [1.54, 1.807) is 25.1 Å². The van der Waals surface area contributed by atoms with Gasteiger partial charge in [0.05, 0.1) is 9.95 Å². The molecule has 1 amide bonds. The molecule has 0 saturated heterocycles. The number of aryl methyl sites for hydroxylation is 1. The van der Waals surface area contributed by atoms with Crippen LogP contribution in [0, 0.1) is 28.4 Å². The molecule has 0 fully saturated rings. The van der Waals surface area contributed by atoms with E-state index in [9.17, 15) is 28.6 Å². The summed E-state index contributed by atoms with van der Waals surface area (Å²) >= 11 is 12.2. The largest absolute Gasteiger partial charge is 0.377 e. The molecule has 0 saturated carbocycles. The first-order valence-corrected chi connectivity index (χ1v) is 11.8. The number of benzene rings is 3. The van der Waals surface area contributed by atoms with E-state index in [1.165, 1.54) is 42.5 Å². The molecular weight excluding hydrogens is 517 g/mol. The van der Waals surface area contributed by atoms with Crippen molar-refractivity contribution in [2.45, 2.75) is 11.8 Å². The maximum Gasteiger partial charge on any atom is 0.339 e. The van der Waals surface area contributed by atoms with Gasteiger partial charge in [-0.2, -0.15) is 13.7 Å². The van der Waals surface area contributed by atoms with E-state index >= 15 is 0 Å². The Bertz CT molecular complexity index is 1500. The van der Waals surface area contributed by atoms with Crippen LogP contribution >= 0.6 is 23.2 Å². The monoisotopic (exact) mass is 531 g/mol. The number of amides is 1. The number of carbonyl (C=O) groups excluding carboxylic acids is 1. The standard InChI is InChI=1S/C23H15Cl2N3O6S/c1-14-5-7-20(8-6-14)35(32,33)34-22-15(10-17(24)11-21(22)25)9-16(13-26)23(29)27-18-3-2-4-19(12-18)28(30)31/h2-12H,1H3,(H,27,29)/b16-9+. The van der Waals surface area contributed by atoms with Crippen LogP contribution in [0.4, 0.5) is 11.4 Å². The van der Waals surface area contributed by atoms with Crippen LogP contribution in [-0.4, -0.2) is 19.2 Å². The van der Waals surface area contributed by atoms with E-state index in [4.69, 9.17) is 27.4 Å². The SMILES string of the molecule is Cc1ccc(S(=O)(=O)Oc2c(Cl)cc(Cl)cc2/C=C(\C#N)C(=O)Nc2cccc([N+](=O)[O-])c2)cc1.